The molecule has 1 N–H and O–H groups in total. The van der Waals surface area contributed by atoms with Crippen molar-refractivity contribution in [1.29, 1.82) is 0 Å². The van der Waals surface area contributed by atoms with Gasteiger partial charge in [0.25, 0.3) is 5.91 Å². The lowest BCUT2D eigenvalue weighted by atomic mass is 10.1. The van der Waals surface area contributed by atoms with E-state index in [9.17, 15) is 4.79 Å². The summed E-state index contributed by atoms with van der Waals surface area (Å²) in [7, 11) is 0. The molecule has 0 radical (unpaired) electrons. The van der Waals surface area contributed by atoms with Gasteiger partial charge >= 0.3 is 0 Å². The number of amides is 1. The maximum absolute atomic E-state index is 12.5. The lowest BCUT2D eigenvalue weighted by Gasteiger charge is -2.10. The van der Waals surface area contributed by atoms with Gasteiger partial charge in [-0.15, -0.1) is 10.2 Å². The molecule has 200 valence electrons. The zero-order valence-electron chi connectivity index (χ0n) is 21.7. The van der Waals surface area contributed by atoms with Crippen LogP contribution in [-0.2, 0) is 11.4 Å². The molecule has 0 bridgehead atoms. The van der Waals surface area contributed by atoms with Crippen molar-refractivity contribution < 1.29 is 9.53 Å². The van der Waals surface area contributed by atoms with Crippen LogP contribution in [0, 0.1) is 6.92 Å². The Morgan fingerprint density at radius 2 is 1.68 bits per heavy atom. The molecular formula is C31H26ClN5O2S. The fraction of sp³-hybridized carbons (Fsp3) is 0.0968. The van der Waals surface area contributed by atoms with E-state index in [1.54, 1.807) is 6.21 Å². The first-order chi connectivity index (χ1) is 19.5. The van der Waals surface area contributed by atoms with Crippen molar-refractivity contribution in [2.75, 3.05) is 5.75 Å². The van der Waals surface area contributed by atoms with Gasteiger partial charge in [0.1, 0.15) is 12.4 Å². The van der Waals surface area contributed by atoms with Crippen molar-refractivity contribution in [3.05, 3.63) is 125 Å². The lowest BCUT2D eigenvalue weighted by molar-refractivity contribution is -0.118. The monoisotopic (exact) mass is 567 g/mol. The van der Waals surface area contributed by atoms with Crippen LogP contribution in [0.2, 0.25) is 5.02 Å². The van der Waals surface area contributed by atoms with E-state index in [-0.39, 0.29) is 11.7 Å². The minimum absolute atomic E-state index is 0.114. The Bertz CT molecular complexity index is 1590. The third kappa shape index (κ3) is 7.16. The zero-order valence-corrected chi connectivity index (χ0v) is 23.3. The first-order valence-electron chi connectivity index (χ1n) is 12.5. The Kier molecular flexibility index (Phi) is 8.90. The van der Waals surface area contributed by atoms with Gasteiger partial charge in [-0.05, 0) is 66.6 Å². The molecule has 5 aromatic rings. The molecular weight excluding hydrogens is 542 g/mol. The molecule has 0 atom stereocenters. The SMILES string of the molecule is Cc1ccc(-c2nnc(SCC(=O)NN=Cc3ccc(OCc4ccccc4)cc3)n2-c2ccc(Cl)cc2)cc1. The van der Waals surface area contributed by atoms with Crippen molar-refractivity contribution in [2.24, 2.45) is 5.10 Å². The number of halogens is 1. The van der Waals surface area contributed by atoms with Gasteiger partial charge in [-0.1, -0.05) is 83.5 Å². The predicted molar refractivity (Wildman–Crippen MR) is 160 cm³/mol. The Labute approximate surface area is 241 Å². The number of nitrogens with zero attached hydrogens (tertiary/aromatic N) is 4. The predicted octanol–water partition coefficient (Wildman–Crippen LogP) is 6.72. The fourth-order valence-corrected chi connectivity index (χ4v) is 4.68. The van der Waals surface area contributed by atoms with Gasteiger partial charge in [0.15, 0.2) is 11.0 Å². The summed E-state index contributed by atoms with van der Waals surface area (Å²) in [6.45, 7) is 2.53. The minimum Gasteiger partial charge on any atom is -0.489 e. The summed E-state index contributed by atoms with van der Waals surface area (Å²) in [6, 6.07) is 33.0. The molecule has 1 amide bonds. The summed E-state index contributed by atoms with van der Waals surface area (Å²) < 4.78 is 7.73. The molecule has 0 aliphatic carbocycles. The van der Waals surface area contributed by atoms with Gasteiger partial charge in [-0.2, -0.15) is 5.10 Å². The van der Waals surface area contributed by atoms with Gasteiger partial charge < -0.3 is 4.74 Å². The molecule has 5 rings (SSSR count). The van der Waals surface area contributed by atoms with Crippen LogP contribution in [0.25, 0.3) is 17.1 Å². The summed E-state index contributed by atoms with van der Waals surface area (Å²) in [5, 5.41) is 14.1. The summed E-state index contributed by atoms with van der Waals surface area (Å²) in [5.41, 5.74) is 7.44. The normalized spacial score (nSPS) is 11.1. The highest BCUT2D eigenvalue weighted by atomic mass is 35.5. The summed E-state index contributed by atoms with van der Waals surface area (Å²) >= 11 is 7.39. The number of aryl methyl sites for hydroxylation is 1. The Balaban J connectivity index is 1.19. The second-order valence-corrected chi connectivity index (χ2v) is 10.3. The fourth-order valence-electron chi connectivity index (χ4n) is 3.81. The van der Waals surface area contributed by atoms with Gasteiger partial charge in [0.2, 0.25) is 0 Å². The topological polar surface area (TPSA) is 81.4 Å². The first kappa shape index (κ1) is 27.2. The number of rotatable bonds is 10. The third-order valence-electron chi connectivity index (χ3n) is 5.89. The molecule has 0 aliphatic rings. The Morgan fingerprint density at radius 3 is 2.40 bits per heavy atom. The van der Waals surface area contributed by atoms with Crippen molar-refractivity contribution in [1.82, 2.24) is 20.2 Å². The molecule has 0 spiro atoms. The highest BCUT2D eigenvalue weighted by Gasteiger charge is 2.17. The average molecular weight is 568 g/mol. The quantitative estimate of drug-likeness (QED) is 0.115. The van der Waals surface area contributed by atoms with E-state index in [0.717, 1.165) is 33.7 Å². The number of carbonyl (C=O) groups is 1. The van der Waals surface area contributed by atoms with Crippen LogP contribution in [0.1, 0.15) is 16.7 Å². The third-order valence-corrected chi connectivity index (χ3v) is 7.07. The standard InChI is InChI=1S/C31H26ClN5O2S/c1-22-7-11-25(12-8-22)30-35-36-31(37(30)27-15-13-26(32)14-16-27)40-21-29(38)34-33-19-23-9-17-28(18-10-23)39-20-24-5-3-2-4-6-24/h2-19H,20-21H2,1H3,(H,34,38). The number of hydrazone groups is 1. The second kappa shape index (κ2) is 13.1. The van der Waals surface area contributed by atoms with Gasteiger partial charge in [-0.25, -0.2) is 5.43 Å². The molecule has 1 heterocycles. The number of nitrogens with one attached hydrogen (secondary N) is 1. The number of ether oxygens (including phenoxy) is 1. The van der Waals surface area contributed by atoms with Crippen molar-refractivity contribution in [3.63, 3.8) is 0 Å². The summed E-state index contributed by atoms with van der Waals surface area (Å²) in [5.74, 6) is 1.30. The number of hydrogen-bond acceptors (Lipinski definition) is 6. The second-order valence-electron chi connectivity index (χ2n) is 8.91. The van der Waals surface area contributed by atoms with E-state index in [2.05, 4.69) is 20.7 Å². The van der Waals surface area contributed by atoms with Gasteiger partial charge in [-0.3, -0.25) is 9.36 Å². The van der Waals surface area contributed by atoms with E-state index >= 15 is 0 Å². The molecule has 9 heteroatoms. The Hall–Kier alpha value is -4.40. The molecule has 0 saturated carbocycles. The van der Waals surface area contributed by atoms with Crippen molar-refractivity contribution in [2.45, 2.75) is 18.7 Å². The van der Waals surface area contributed by atoms with E-state index < -0.39 is 0 Å². The highest BCUT2D eigenvalue weighted by molar-refractivity contribution is 7.99. The van der Waals surface area contributed by atoms with Crippen LogP contribution in [0.3, 0.4) is 0 Å². The highest BCUT2D eigenvalue weighted by Crippen LogP contribution is 2.28. The summed E-state index contributed by atoms with van der Waals surface area (Å²) in [4.78, 5) is 12.5. The maximum atomic E-state index is 12.5. The molecule has 40 heavy (non-hydrogen) atoms. The number of aromatic nitrogens is 3. The molecule has 4 aromatic carbocycles. The van der Waals surface area contributed by atoms with E-state index in [1.165, 1.54) is 11.8 Å². The molecule has 7 nitrogen and oxygen atoms in total. The minimum atomic E-state index is -0.258. The van der Waals surface area contributed by atoms with Gasteiger partial charge in [0, 0.05) is 16.3 Å². The van der Waals surface area contributed by atoms with Gasteiger partial charge in [0.05, 0.1) is 12.0 Å². The van der Waals surface area contributed by atoms with Crippen LogP contribution >= 0.6 is 23.4 Å². The van der Waals surface area contributed by atoms with E-state index in [0.29, 0.717) is 22.6 Å². The van der Waals surface area contributed by atoms with Crippen LogP contribution in [-0.4, -0.2) is 32.6 Å². The van der Waals surface area contributed by atoms with Crippen molar-refractivity contribution in [3.8, 4) is 22.8 Å². The molecule has 0 unspecified atom stereocenters. The lowest BCUT2D eigenvalue weighted by Crippen LogP contribution is -2.20. The Morgan fingerprint density at radius 1 is 0.950 bits per heavy atom. The van der Waals surface area contributed by atoms with E-state index in [1.807, 2.05) is 115 Å². The van der Waals surface area contributed by atoms with Crippen LogP contribution < -0.4 is 10.2 Å². The van der Waals surface area contributed by atoms with E-state index in [4.69, 9.17) is 16.3 Å². The smallest absolute Gasteiger partial charge is 0.250 e. The van der Waals surface area contributed by atoms with Crippen molar-refractivity contribution >= 4 is 35.5 Å². The largest absolute Gasteiger partial charge is 0.489 e. The number of carbonyl (C=O) groups excluding carboxylic acids is 1. The molecule has 0 saturated heterocycles. The number of hydrogen-bond donors (Lipinski definition) is 1. The van der Waals surface area contributed by atoms with Crippen LogP contribution in [0.5, 0.6) is 5.75 Å². The number of thioether (sulfide) groups is 1. The molecule has 0 aliphatic heterocycles. The average Bonchev–Trinajstić information content (AvgIpc) is 3.41. The van der Waals surface area contributed by atoms with Crippen LogP contribution in [0.15, 0.2) is 113 Å². The molecule has 1 aromatic heterocycles. The first-order valence-corrected chi connectivity index (χ1v) is 13.9. The summed E-state index contributed by atoms with van der Waals surface area (Å²) in [6.07, 6.45) is 1.59. The number of benzene rings is 4. The maximum Gasteiger partial charge on any atom is 0.250 e. The zero-order chi connectivity index (χ0) is 27.7. The van der Waals surface area contributed by atoms with Crippen LogP contribution in [0.4, 0.5) is 0 Å². The molecule has 0 fully saturated rings.